The second-order valence-electron chi connectivity index (χ2n) is 5.20. The Labute approximate surface area is 147 Å². The van der Waals surface area contributed by atoms with Gasteiger partial charge in [-0.2, -0.15) is 0 Å². The number of quaternary nitrogens is 1. The number of hydrogen-bond acceptors (Lipinski definition) is 5. The summed E-state index contributed by atoms with van der Waals surface area (Å²) in [6, 6.07) is 7.15. The van der Waals surface area contributed by atoms with Crippen molar-refractivity contribution in [3.63, 3.8) is 0 Å². The van der Waals surface area contributed by atoms with Crippen LogP contribution in [-0.2, 0) is 14.3 Å². The lowest BCUT2D eigenvalue weighted by Crippen LogP contribution is -3.14. The molecule has 1 atom stereocenters. The van der Waals surface area contributed by atoms with E-state index in [2.05, 4.69) is 15.4 Å². The van der Waals surface area contributed by atoms with Crippen molar-refractivity contribution < 1.29 is 28.8 Å². The fourth-order valence-corrected chi connectivity index (χ4v) is 2.14. The Kier molecular flexibility index (Phi) is 9.02. The smallest absolute Gasteiger partial charge is 0.414 e. The molecule has 3 N–H and O–H groups in total. The van der Waals surface area contributed by atoms with Gasteiger partial charge in [-0.1, -0.05) is 12.1 Å². The first-order valence-electron chi connectivity index (χ1n) is 8.31. The molecule has 0 fully saturated rings. The highest BCUT2D eigenvalue weighted by Gasteiger charge is 2.19. The zero-order chi connectivity index (χ0) is 18.7. The van der Waals surface area contributed by atoms with Gasteiger partial charge in [0.05, 0.1) is 25.4 Å². The summed E-state index contributed by atoms with van der Waals surface area (Å²) >= 11 is 0. The van der Waals surface area contributed by atoms with Crippen LogP contribution in [0.4, 0.5) is 10.5 Å². The van der Waals surface area contributed by atoms with E-state index in [9.17, 15) is 14.4 Å². The maximum Gasteiger partial charge on any atom is 0.414 e. The van der Waals surface area contributed by atoms with E-state index in [4.69, 9.17) is 4.74 Å². The van der Waals surface area contributed by atoms with Gasteiger partial charge in [0, 0.05) is 0 Å². The number of anilines is 1. The minimum atomic E-state index is -0.780. The van der Waals surface area contributed by atoms with Crippen molar-refractivity contribution in [2.75, 3.05) is 38.2 Å². The molecule has 0 heterocycles. The van der Waals surface area contributed by atoms with Crippen LogP contribution in [0.1, 0.15) is 20.8 Å². The molecule has 0 aromatic heterocycles. The maximum absolute atomic E-state index is 12.2. The van der Waals surface area contributed by atoms with Gasteiger partial charge < -0.3 is 19.7 Å². The van der Waals surface area contributed by atoms with Gasteiger partial charge >= 0.3 is 6.09 Å². The van der Waals surface area contributed by atoms with Gasteiger partial charge in [-0.05, 0) is 32.9 Å². The average molecular weight is 352 g/mol. The van der Waals surface area contributed by atoms with Gasteiger partial charge in [-0.25, -0.2) is 4.79 Å². The minimum Gasteiger partial charge on any atom is -0.492 e. The van der Waals surface area contributed by atoms with E-state index in [0.29, 0.717) is 29.5 Å². The van der Waals surface area contributed by atoms with E-state index in [1.54, 1.807) is 25.1 Å². The number of para-hydroxylation sites is 2. The Balaban J connectivity index is 2.56. The van der Waals surface area contributed by atoms with Crippen LogP contribution in [0.25, 0.3) is 0 Å². The van der Waals surface area contributed by atoms with Crippen molar-refractivity contribution in [3.05, 3.63) is 24.3 Å². The summed E-state index contributed by atoms with van der Waals surface area (Å²) in [5, 5.41) is 4.91. The van der Waals surface area contributed by atoms with E-state index in [-0.39, 0.29) is 25.6 Å². The van der Waals surface area contributed by atoms with E-state index < -0.39 is 12.0 Å². The first kappa shape index (κ1) is 20.4. The van der Waals surface area contributed by atoms with Crippen LogP contribution in [0.3, 0.4) is 0 Å². The quantitative estimate of drug-likeness (QED) is 0.590. The van der Waals surface area contributed by atoms with E-state index >= 15 is 0 Å². The summed E-state index contributed by atoms with van der Waals surface area (Å²) in [6.45, 7) is 6.69. The molecule has 8 heteroatoms. The molecule has 1 unspecified atom stereocenters. The Morgan fingerprint density at radius 1 is 1.00 bits per heavy atom. The Morgan fingerprint density at radius 2 is 1.68 bits per heavy atom. The molecule has 0 saturated carbocycles. The standard InChI is InChI=1S/C17H25N3O5/c1-4-20(12-16(22)19-17(23)25-6-3)11-15(21)18-13-9-7-8-10-14(13)24-5-2/h7-10H,4-6,11-12H2,1-3H3,(H,18,21)(H,19,22,23)/p+1. The third kappa shape index (κ3) is 7.67. The Morgan fingerprint density at radius 3 is 2.32 bits per heavy atom. The summed E-state index contributed by atoms with van der Waals surface area (Å²) < 4.78 is 10.1. The van der Waals surface area contributed by atoms with E-state index in [0.717, 1.165) is 0 Å². The van der Waals surface area contributed by atoms with Gasteiger partial charge in [0.1, 0.15) is 5.75 Å². The molecule has 0 spiro atoms. The van der Waals surface area contributed by atoms with Gasteiger partial charge in [0.15, 0.2) is 13.1 Å². The molecule has 0 aliphatic rings. The molecular formula is C17H26N3O5+. The SMILES string of the molecule is CCOC(=O)NC(=O)C[NH+](CC)CC(=O)Nc1ccccc1OCC. The molecule has 3 amide bonds. The monoisotopic (exact) mass is 352 g/mol. The first-order valence-corrected chi connectivity index (χ1v) is 8.31. The largest absolute Gasteiger partial charge is 0.492 e. The molecular weight excluding hydrogens is 326 g/mol. The van der Waals surface area contributed by atoms with Crippen LogP contribution in [0.2, 0.25) is 0 Å². The molecule has 1 rings (SSSR count). The van der Waals surface area contributed by atoms with Crippen molar-refractivity contribution in [1.29, 1.82) is 0 Å². The second kappa shape index (κ2) is 11.0. The molecule has 1 aromatic rings. The summed E-state index contributed by atoms with van der Waals surface area (Å²) in [6.07, 6.45) is -0.780. The number of amides is 3. The molecule has 138 valence electrons. The number of alkyl carbamates (subject to hydrolysis) is 1. The van der Waals surface area contributed by atoms with Gasteiger partial charge in [0.25, 0.3) is 11.8 Å². The fourth-order valence-electron chi connectivity index (χ4n) is 2.14. The van der Waals surface area contributed by atoms with E-state index in [1.165, 1.54) is 0 Å². The zero-order valence-electron chi connectivity index (χ0n) is 14.9. The lowest BCUT2D eigenvalue weighted by molar-refractivity contribution is -0.881. The van der Waals surface area contributed by atoms with Crippen molar-refractivity contribution in [2.24, 2.45) is 0 Å². The number of carbonyl (C=O) groups excluding carboxylic acids is 3. The fraction of sp³-hybridized carbons (Fsp3) is 0.471. The Hall–Kier alpha value is -2.61. The van der Waals surface area contributed by atoms with Crippen LogP contribution >= 0.6 is 0 Å². The number of hydrogen-bond donors (Lipinski definition) is 3. The van der Waals surface area contributed by atoms with Crippen molar-refractivity contribution >= 4 is 23.6 Å². The number of nitrogens with one attached hydrogen (secondary N) is 3. The highest BCUT2D eigenvalue weighted by Crippen LogP contribution is 2.23. The second-order valence-corrected chi connectivity index (χ2v) is 5.20. The van der Waals surface area contributed by atoms with Crippen molar-refractivity contribution in [2.45, 2.75) is 20.8 Å². The third-order valence-electron chi connectivity index (χ3n) is 3.30. The molecule has 1 aromatic carbocycles. The predicted molar refractivity (Wildman–Crippen MR) is 92.6 cm³/mol. The molecule has 8 nitrogen and oxygen atoms in total. The molecule has 0 bridgehead atoms. The molecule has 0 radical (unpaired) electrons. The van der Waals surface area contributed by atoms with Gasteiger partial charge in [-0.15, -0.1) is 0 Å². The number of likely N-dealkylation sites (N-methyl/N-ethyl adjacent to an activating group) is 1. The summed E-state index contributed by atoms with van der Waals surface area (Å²) in [5.74, 6) is -0.137. The summed E-state index contributed by atoms with van der Waals surface area (Å²) in [5.41, 5.74) is 0.584. The summed E-state index contributed by atoms with van der Waals surface area (Å²) in [7, 11) is 0. The van der Waals surface area contributed by atoms with Crippen LogP contribution in [-0.4, -0.2) is 50.8 Å². The molecule has 0 saturated heterocycles. The number of rotatable bonds is 9. The van der Waals surface area contributed by atoms with Gasteiger partial charge in [0.2, 0.25) is 0 Å². The minimum absolute atomic E-state index is 0.00413. The summed E-state index contributed by atoms with van der Waals surface area (Å²) in [4.78, 5) is 36.0. The Bertz CT molecular complexity index is 591. The molecule has 0 aliphatic carbocycles. The van der Waals surface area contributed by atoms with Crippen molar-refractivity contribution in [1.82, 2.24) is 5.32 Å². The highest BCUT2D eigenvalue weighted by atomic mass is 16.5. The number of carbonyl (C=O) groups is 3. The lowest BCUT2D eigenvalue weighted by atomic mass is 10.3. The van der Waals surface area contributed by atoms with Crippen LogP contribution in [0.5, 0.6) is 5.75 Å². The van der Waals surface area contributed by atoms with E-state index in [1.807, 2.05) is 19.9 Å². The normalized spacial score (nSPS) is 11.3. The highest BCUT2D eigenvalue weighted by molar-refractivity contribution is 5.94. The maximum atomic E-state index is 12.2. The third-order valence-corrected chi connectivity index (χ3v) is 3.30. The topological polar surface area (TPSA) is 98.2 Å². The van der Waals surface area contributed by atoms with Gasteiger partial charge in [-0.3, -0.25) is 14.9 Å². The number of benzene rings is 1. The molecule has 25 heavy (non-hydrogen) atoms. The first-order chi connectivity index (χ1) is 12.0. The number of ether oxygens (including phenoxy) is 2. The van der Waals surface area contributed by atoms with Crippen LogP contribution in [0, 0.1) is 0 Å². The average Bonchev–Trinajstić information content (AvgIpc) is 2.56. The van der Waals surface area contributed by atoms with Crippen LogP contribution < -0.4 is 20.3 Å². The zero-order valence-corrected chi connectivity index (χ0v) is 14.9. The lowest BCUT2D eigenvalue weighted by Gasteiger charge is -2.17. The number of imide groups is 1. The van der Waals surface area contributed by atoms with Crippen molar-refractivity contribution in [3.8, 4) is 5.75 Å². The molecule has 0 aliphatic heterocycles. The van der Waals surface area contributed by atoms with Crippen LogP contribution in [0.15, 0.2) is 24.3 Å². The predicted octanol–water partition coefficient (Wildman–Crippen LogP) is 0.201.